The molecule has 0 radical (unpaired) electrons. The maximum atomic E-state index is 5.66. The first-order valence-electron chi connectivity index (χ1n) is 5.76. The van der Waals surface area contributed by atoms with Crippen molar-refractivity contribution in [3.05, 3.63) is 0 Å². The Kier molecular flexibility index (Phi) is 5.83. The molecule has 0 spiro atoms. The Bertz CT molecular complexity index is 142. The van der Waals surface area contributed by atoms with E-state index in [0.29, 0.717) is 6.04 Å². The van der Waals surface area contributed by atoms with Crippen molar-refractivity contribution < 1.29 is 0 Å². The molecule has 0 aliphatic carbocycles. The van der Waals surface area contributed by atoms with Gasteiger partial charge in [-0.2, -0.15) is 0 Å². The number of alkyl halides is 1. The molecule has 0 aromatic carbocycles. The van der Waals surface area contributed by atoms with E-state index < -0.39 is 0 Å². The molecular formula is C11H23ClN2. The minimum Gasteiger partial charge on any atom is -0.301 e. The summed E-state index contributed by atoms with van der Waals surface area (Å²) in [5.41, 5.74) is 0. The molecule has 1 aliphatic rings. The molecule has 84 valence electrons. The number of unbranched alkanes of at least 4 members (excludes halogenated alkanes) is 1. The van der Waals surface area contributed by atoms with Crippen molar-refractivity contribution in [1.29, 1.82) is 0 Å². The first-order valence-corrected chi connectivity index (χ1v) is 6.30. The average molecular weight is 219 g/mol. The second-order valence-corrected chi connectivity index (χ2v) is 4.75. The third-order valence-corrected chi connectivity index (χ3v) is 3.26. The van der Waals surface area contributed by atoms with Crippen LogP contribution in [0.2, 0.25) is 0 Å². The minimum atomic E-state index is 0.708. The molecule has 0 amide bonds. The Balaban J connectivity index is 2.09. The summed E-state index contributed by atoms with van der Waals surface area (Å²) in [6, 6.07) is 0.708. The van der Waals surface area contributed by atoms with Crippen LogP contribution >= 0.6 is 11.6 Å². The number of halogens is 1. The Morgan fingerprint density at radius 3 is 2.21 bits per heavy atom. The van der Waals surface area contributed by atoms with Crippen LogP contribution < -0.4 is 0 Å². The smallest absolute Gasteiger partial charge is 0.0223 e. The fourth-order valence-corrected chi connectivity index (χ4v) is 2.12. The lowest BCUT2D eigenvalue weighted by molar-refractivity contribution is 0.108. The first-order chi connectivity index (χ1) is 6.74. The highest BCUT2D eigenvalue weighted by Crippen LogP contribution is 2.06. The van der Waals surface area contributed by atoms with Gasteiger partial charge < -0.3 is 4.90 Å². The van der Waals surface area contributed by atoms with Crippen LogP contribution in [0.3, 0.4) is 0 Å². The largest absolute Gasteiger partial charge is 0.301 e. The molecule has 0 atom stereocenters. The van der Waals surface area contributed by atoms with Gasteiger partial charge in [0, 0.05) is 38.1 Å². The van der Waals surface area contributed by atoms with Crippen LogP contribution in [-0.4, -0.2) is 54.4 Å². The van der Waals surface area contributed by atoms with Crippen molar-refractivity contribution >= 4 is 11.6 Å². The summed E-state index contributed by atoms with van der Waals surface area (Å²) in [7, 11) is 0. The molecule has 0 N–H and O–H groups in total. The Labute approximate surface area is 93.2 Å². The van der Waals surface area contributed by atoms with Crippen LogP contribution in [0.25, 0.3) is 0 Å². The Hall–Kier alpha value is 0.210. The molecule has 1 heterocycles. The average Bonchev–Trinajstić information content (AvgIpc) is 2.19. The standard InChI is InChI=1S/C11H23ClN2/c1-11(2)14-9-7-13(8-10-14)6-4-3-5-12/h11H,3-10H2,1-2H3. The van der Waals surface area contributed by atoms with Crippen LogP contribution in [0.15, 0.2) is 0 Å². The molecule has 1 aliphatic heterocycles. The van der Waals surface area contributed by atoms with Crippen LogP contribution in [0.1, 0.15) is 26.7 Å². The van der Waals surface area contributed by atoms with Gasteiger partial charge in [0.15, 0.2) is 0 Å². The van der Waals surface area contributed by atoms with Crippen molar-refractivity contribution in [2.24, 2.45) is 0 Å². The molecule has 0 bridgehead atoms. The fraction of sp³-hybridized carbons (Fsp3) is 1.00. The van der Waals surface area contributed by atoms with Gasteiger partial charge in [-0.1, -0.05) is 0 Å². The van der Waals surface area contributed by atoms with Gasteiger partial charge >= 0.3 is 0 Å². The zero-order valence-corrected chi connectivity index (χ0v) is 10.3. The number of hydrogen-bond acceptors (Lipinski definition) is 2. The lowest BCUT2D eigenvalue weighted by Crippen LogP contribution is -2.48. The number of rotatable bonds is 5. The Morgan fingerprint density at radius 1 is 1.07 bits per heavy atom. The second-order valence-electron chi connectivity index (χ2n) is 4.37. The maximum absolute atomic E-state index is 5.66. The lowest BCUT2D eigenvalue weighted by Gasteiger charge is -2.36. The number of hydrogen-bond donors (Lipinski definition) is 0. The summed E-state index contributed by atoms with van der Waals surface area (Å²) in [4.78, 5) is 5.11. The number of nitrogens with zero attached hydrogens (tertiary/aromatic N) is 2. The van der Waals surface area contributed by atoms with Crippen molar-refractivity contribution in [2.45, 2.75) is 32.7 Å². The molecule has 1 rings (SSSR count). The zero-order chi connectivity index (χ0) is 10.4. The van der Waals surface area contributed by atoms with Crippen molar-refractivity contribution in [2.75, 3.05) is 38.6 Å². The highest BCUT2D eigenvalue weighted by Gasteiger charge is 2.17. The minimum absolute atomic E-state index is 0.708. The lowest BCUT2D eigenvalue weighted by atomic mass is 10.2. The molecule has 0 aromatic rings. The van der Waals surface area contributed by atoms with Crippen LogP contribution in [-0.2, 0) is 0 Å². The van der Waals surface area contributed by atoms with E-state index in [1.165, 1.54) is 39.1 Å². The quantitative estimate of drug-likeness (QED) is 0.515. The van der Waals surface area contributed by atoms with E-state index in [4.69, 9.17) is 11.6 Å². The van der Waals surface area contributed by atoms with Gasteiger partial charge in [0.2, 0.25) is 0 Å². The molecule has 14 heavy (non-hydrogen) atoms. The van der Waals surface area contributed by atoms with Crippen molar-refractivity contribution in [1.82, 2.24) is 9.80 Å². The third kappa shape index (κ3) is 4.16. The first kappa shape index (κ1) is 12.3. The summed E-state index contributed by atoms with van der Waals surface area (Å²) in [5, 5.41) is 0. The van der Waals surface area contributed by atoms with Gasteiger partial charge in [-0.3, -0.25) is 4.90 Å². The van der Waals surface area contributed by atoms with Crippen LogP contribution in [0.5, 0.6) is 0 Å². The molecule has 0 saturated carbocycles. The highest BCUT2D eigenvalue weighted by molar-refractivity contribution is 6.17. The number of piperazine rings is 1. The summed E-state index contributed by atoms with van der Waals surface area (Å²) < 4.78 is 0. The van der Waals surface area contributed by atoms with E-state index in [-0.39, 0.29) is 0 Å². The van der Waals surface area contributed by atoms with E-state index in [2.05, 4.69) is 23.6 Å². The van der Waals surface area contributed by atoms with E-state index in [1.807, 2.05) is 0 Å². The van der Waals surface area contributed by atoms with Gasteiger partial charge in [0.05, 0.1) is 0 Å². The SMILES string of the molecule is CC(C)N1CCN(CCCCCl)CC1. The van der Waals surface area contributed by atoms with E-state index in [9.17, 15) is 0 Å². The molecule has 1 fully saturated rings. The summed E-state index contributed by atoms with van der Waals surface area (Å²) in [6.07, 6.45) is 2.41. The summed E-state index contributed by atoms with van der Waals surface area (Å²) in [5.74, 6) is 0.811. The van der Waals surface area contributed by atoms with Crippen LogP contribution in [0, 0.1) is 0 Å². The topological polar surface area (TPSA) is 6.48 Å². The molecular weight excluding hydrogens is 196 g/mol. The molecule has 2 nitrogen and oxygen atoms in total. The molecule has 0 unspecified atom stereocenters. The monoisotopic (exact) mass is 218 g/mol. The van der Waals surface area contributed by atoms with Crippen molar-refractivity contribution in [3.63, 3.8) is 0 Å². The molecule has 1 saturated heterocycles. The zero-order valence-electron chi connectivity index (χ0n) is 9.51. The summed E-state index contributed by atoms with van der Waals surface area (Å²) in [6.45, 7) is 10.7. The van der Waals surface area contributed by atoms with Gasteiger partial charge in [-0.25, -0.2) is 0 Å². The second kappa shape index (κ2) is 6.65. The van der Waals surface area contributed by atoms with Gasteiger partial charge in [-0.05, 0) is 33.2 Å². The normalized spacial score (nSPS) is 20.6. The van der Waals surface area contributed by atoms with Crippen LogP contribution in [0.4, 0.5) is 0 Å². The summed E-state index contributed by atoms with van der Waals surface area (Å²) >= 11 is 5.66. The predicted octanol–water partition coefficient (Wildman–Crippen LogP) is 2.03. The maximum Gasteiger partial charge on any atom is 0.0223 e. The molecule has 0 aromatic heterocycles. The van der Waals surface area contributed by atoms with E-state index in [1.54, 1.807) is 0 Å². The van der Waals surface area contributed by atoms with E-state index >= 15 is 0 Å². The predicted molar refractivity (Wildman–Crippen MR) is 63.1 cm³/mol. The van der Waals surface area contributed by atoms with Gasteiger partial charge in [-0.15, -0.1) is 11.6 Å². The van der Waals surface area contributed by atoms with Gasteiger partial charge in [0.25, 0.3) is 0 Å². The Morgan fingerprint density at radius 2 is 1.71 bits per heavy atom. The highest BCUT2D eigenvalue weighted by atomic mass is 35.5. The third-order valence-electron chi connectivity index (χ3n) is 3.00. The van der Waals surface area contributed by atoms with Gasteiger partial charge in [0.1, 0.15) is 0 Å². The fourth-order valence-electron chi connectivity index (χ4n) is 1.93. The van der Waals surface area contributed by atoms with E-state index in [0.717, 1.165) is 12.3 Å². The van der Waals surface area contributed by atoms with Crippen molar-refractivity contribution in [3.8, 4) is 0 Å². The molecule has 3 heteroatoms.